The normalized spacial score (nSPS) is 17.3. The molecular weight excluding hydrogens is 840 g/mol. The van der Waals surface area contributed by atoms with Gasteiger partial charge in [-0.25, -0.2) is 0 Å². The van der Waals surface area contributed by atoms with Crippen molar-refractivity contribution >= 4 is 70.5 Å². The van der Waals surface area contributed by atoms with Gasteiger partial charge in [-0.05, 0) is 129 Å². The fourth-order valence-corrected chi connectivity index (χ4v) is 5.46. The minimum absolute atomic E-state index is 0.0341. The highest BCUT2D eigenvalue weighted by Gasteiger charge is 2.35. The number of ketones is 6. The molecule has 3 rings (SSSR count). The molecule has 0 heterocycles. The van der Waals surface area contributed by atoms with Gasteiger partial charge in [0.2, 0.25) is 0 Å². The molecule has 366 valence electrons. The Kier molecular flexibility index (Phi) is 32.9. The summed E-state index contributed by atoms with van der Waals surface area (Å²) in [4.78, 5) is 129. The molecule has 3 unspecified atom stereocenters. The molecule has 64 heavy (non-hydrogen) atoms. The molecule has 0 aromatic rings. The first kappa shape index (κ1) is 63.1. The average molecular weight is 915 g/mol. The van der Waals surface area contributed by atoms with Crippen molar-refractivity contribution in [3.05, 3.63) is 0 Å². The molecule has 0 radical (unpaired) electrons. The molecule has 3 atom stereocenters. The topological polar surface area (TPSA) is 260 Å². The zero-order valence-electron chi connectivity index (χ0n) is 40.6. The standard InChI is InChI=1S/C10H16O3.C8H12O3.C8H14O3.C7H10O3.C7H12O3.C6H10O3/c1-10(2,3)13-9(12)7-5-4-6-8(7)11;1-2-11-8(10)6-4-3-5-7(6)9;1-6(9)5-7(10)11-8(2,3)4;1-10-7(9)5-3-2-4-6(5)8;1-5(2)10-7(9)4-6(3)8;1-3-9-6(8)4-5(2)7/h7H,4-6H2,1-3H3;6H,2-5H2,1H3;5H2,1-4H3;5H,2-4H2,1H3;5H,4H2,1-3H3;3-4H2,1-2H3. The lowest BCUT2D eigenvalue weighted by atomic mass is 10.1. The molecule has 3 saturated carbocycles. The number of hydrogen-bond acceptors (Lipinski definition) is 18. The van der Waals surface area contributed by atoms with Gasteiger partial charge < -0.3 is 28.4 Å². The van der Waals surface area contributed by atoms with E-state index in [1.807, 2.05) is 20.8 Å². The second-order valence-corrected chi connectivity index (χ2v) is 17.1. The molecule has 0 aromatic carbocycles. The molecule has 18 heteroatoms. The van der Waals surface area contributed by atoms with E-state index >= 15 is 0 Å². The van der Waals surface area contributed by atoms with Gasteiger partial charge in [-0.2, -0.15) is 0 Å². The summed E-state index contributed by atoms with van der Waals surface area (Å²) in [6, 6.07) is 0. The van der Waals surface area contributed by atoms with Crippen LogP contribution in [-0.2, 0) is 86.0 Å². The molecular formula is C46H74O18. The number of rotatable bonds is 12. The van der Waals surface area contributed by atoms with E-state index in [2.05, 4.69) is 9.47 Å². The van der Waals surface area contributed by atoms with Gasteiger partial charge in [0.25, 0.3) is 0 Å². The van der Waals surface area contributed by atoms with E-state index in [9.17, 15) is 57.5 Å². The van der Waals surface area contributed by atoms with E-state index in [0.29, 0.717) is 51.7 Å². The maximum absolute atomic E-state index is 11.4. The van der Waals surface area contributed by atoms with Crippen molar-refractivity contribution in [3.8, 4) is 0 Å². The second kappa shape index (κ2) is 33.4. The summed E-state index contributed by atoms with van der Waals surface area (Å²) in [7, 11) is 1.31. The van der Waals surface area contributed by atoms with Crippen molar-refractivity contribution in [3.63, 3.8) is 0 Å². The lowest BCUT2D eigenvalue weighted by molar-refractivity contribution is -0.162. The highest BCUT2D eigenvalue weighted by molar-refractivity contribution is 6.01. The Morgan fingerprint density at radius 2 is 0.859 bits per heavy atom. The first-order valence-electron chi connectivity index (χ1n) is 21.5. The third kappa shape index (κ3) is 35.3. The Morgan fingerprint density at radius 1 is 0.516 bits per heavy atom. The quantitative estimate of drug-likeness (QED) is 0.125. The van der Waals surface area contributed by atoms with Gasteiger partial charge in [-0.1, -0.05) is 0 Å². The number of carbonyl (C=O) groups is 12. The van der Waals surface area contributed by atoms with E-state index in [1.54, 1.807) is 48.5 Å². The molecule has 18 nitrogen and oxygen atoms in total. The molecule has 0 N–H and O–H groups in total. The fraction of sp³-hybridized carbons (Fsp3) is 0.739. The summed E-state index contributed by atoms with van der Waals surface area (Å²) in [6.07, 6.45) is 5.64. The monoisotopic (exact) mass is 914 g/mol. The van der Waals surface area contributed by atoms with Crippen LogP contribution in [-0.4, -0.2) is 108 Å². The smallest absolute Gasteiger partial charge is 0.316 e. The van der Waals surface area contributed by atoms with Gasteiger partial charge in [0.05, 0.1) is 26.4 Å². The molecule has 3 fully saturated rings. The van der Waals surface area contributed by atoms with E-state index in [0.717, 1.165) is 19.3 Å². The lowest BCUT2D eigenvalue weighted by Crippen LogP contribution is -2.30. The van der Waals surface area contributed by atoms with Gasteiger partial charge in [0.1, 0.15) is 82.9 Å². The molecule has 3 aliphatic rings. The van der Waals surface area contributed by atoms with Gasteiger partial charge in [0.15, 0.2) is 0 Å². The summed E-state index contributed by atoms with van der Waals surface area (Å²) in [5, 5.41) is 0. The Morgan fingerprint density at radius 3 is 1.16 bits per heavy atom. The first-order chi connectivity index (χ1) is 29.4. The Balaban J connectivity index is -0.000000701. The van der Waals surface area contributed by atoms with Crippen molar-refractivity contribution in [2.45, 2.75) is 184 Å². The predicted octanol–water partition coefficient (Wildman–Crippen LogP) is 5.90. The fourth-order valence-electron chi connectivity index (χ4n) is 5.46. The van der Waals surface area contributed by atoms with Gasteiger partial charge >= 0.3 is 35.8 Å². The van der Waals surface area contributed by atoms with Crippen molar-refractivity contribution in [1.29, 1.82) is 0 Å². The van der Waals surface area contributed by atoms with Crippen molar-refractivity contribution in [1.82, 2.24) is 0 Å². The Hall–Kier alpha value is -5.16. The number of carbonyl (C=O) groups excluding carboxylic acids is 12. The van der Waals surface area contributed by atoms with Crippen LogP contribution in [0.15, 0.2) is 0 Å². The molecule has 0 spiro atoms. The molecule has 0 aliphatic heterocycles. The SMILES string of the molecule is CC(=O)CC(=O)OC(C)(C)C.CC(=O)CC(=O)OC(C)C.CC(C)(C)OC(=O)C1CCCC1=O.CCOC(=O)C1CCCC1=O.CCOC(=O)CC(C)=O.COC(=O)C1CCCC1=O. The van der Waals surface area contributed by atoms with Crippen LogP contribution in [0.2, 0.25) is 0 Å². The van der Waals surface area contributed by atoms with Crippen LogP contribution in [0.25, 0.3) is 0 Å². The van der Waals surface area contributed by atoms with Gasteiger partial charge in [-0.3, -0.25) is 57.5 Å². The second-order valence-electron chi connectivity index (χ2n) is 17.1. The molecule has 0 bridgehead atoms. The molecule has 0 saturated heterocycles. The van der Waals surface area contributed by atoms with Crippen LogP contribution < -0.4 is 0 Å². The number of ether oxygens (including phenoxy) is 6. The first-order valence-corrected chi connectivity index (χ1v) is 21.5. The highest BCUT2D eigenvalue weighted by Crippen LogP contribution is 2.25. The Bertz CT molecular complexity index is 1580. The third-order valence-electron chi connectivity index (χ3n) is 7.93. The summed E-state index contributed by atoms with van der Waals surface area (Å²) < 4.78 is 28.4. The van der Waals surface area contributed by atoms with Crippen LogP contribution in [0.4, 0.5) is 0 Å². The van der Waals surface area contributed by atoms with Gasteiger partial charge in [0, 0.05) is 19.3 Å². The maximum Gasteiger partial charge on any atom is 0.316 e. The number of hydrogen-bond donors (Lipinski definition) is 0. The maximum atomic E-state index is 11.4. The van der Waals surface area contributed by atoms with Gasteiger partial charge in [-0.15, -0.1) is 0 Å². The Labute approximate surface area is 378 Å². The van der Waals surface area contributed by atoms with Crippen molar-refractivity contribution < 1.29 is 86.0 Å². The predicted molar refractivity (Wildman–Crippen MR) is 231 cm³/mol. The molecule has 0 aromatic heterocycles. The summed E-state index contributed by atoms with van der Waals surface area (Å²) >= 11 is 0. The minimum Gasteiger partial charge on any atom is -0.468 e. The van der Waals surface area contributed by atoms with Crippen molar-refractivity contribution in [2.24, 2.45) is 17.8 Å². The summed E-state index contributed by atoms with van der Waals surface area (Å²) in [6.45, 7) is 22.5. The zero-order valence-corrected chi connectivity index (χ0v) is 40.6. The van der Waals surface area contributed by atoms with Crippen LogP contribution in [0, 0.1) is 17.8 Å². The highest BCUT2D eigenvalue weighted by atomic mass is 16.6. The number of esters is 6. The van der Waals surface area contributed by atoms with E-state index < -0.39 is 46.9 Å². The minimum atomic E-state index is -0.494. The summed E-state index contributed by atoms with van der Waals surface area (Å²) in [5.74, 6) is -4.16. The number of methoxy groups -OCH3 is 1. The average Bonchev–Trinajstić information content (AvgIpc) is 3.87. The largest absolute Gasteiger partial charge is 0.468 e. The van der Waals surface area contributed by atoms with E-state index in [-0.39, 0.29) is 78.0 Å². The van der Waals surface area contributed by atoms with Crippen LogP contribution in [0.3, 0.4) is 0 Å². The molecule has 3 aliphatic carbocycles. The zero-order chi connectivity index (χ0) is 50.4. The lowest BCUT2D eigenvalue weighted by Gasteiger charge is -2.21. The van der Waals surface area contributed by atoms with Crippen molar-refractivity contribution in [2.75, 3.05) is 20.3 Å². The van der Waals surface area contributed by atoms with Crippen LogP contribution in [0.1, 0.15) is 167 Å². The van der Waals surface area contributed by atoms with E-state index in [4.69, 9.17) is 18.9 Å². The van der Waals surface area contributed by atoms with Crippen LogP contribution >= 0.6 is 0 Å². The molecule has 0 amide bonds. The van der Waals surface area contributed by atoms with Crippen LogP contribution in [0.5, 0.6) is 0 Å². The number of Topliss-reactive ketones (excluding diaryl/α,β-unsaturated/α-hetero) is 6. The van der Waals surface area contributed by atoms with E-state index in [1.165, 1.54) is 27.9 Å². The summed E-state index contributed by atoms with van der Waals surface area (Å²) in [5.41, 5.74) is -0.980. The third-order valence-corrected chi connectivity index (χ3v) is 7.93.